The summed E-state index contributed by atoms with van der Waals surface area (Å²) >= 11 is 0. The number of piperidine rings is 1. The van der Waals surface area contributed by atoms with Crippen LogP contribution in [0.15, 0.2) is 24.3 Å². The van der Waals surface area contributed by atoms with Gasteiger partial charge in [0.05, 0.1) is 0 Å². The van der Waals surface area contributed by atoms with Crippen molar-refractivity contribution in [3.8, 4) is 0 Å². The molecule has 0 aromatic heterocycles. The highest BCUT2D eigenvalue weighted by molar-refractivity contribution is 6.39. The third-order valence-electron chi connectivity index (χ3n) is 4.76. The Morgan fingerprint density at radius 1 is 1.04 bits per heavy atom. The SMILES string of the molecule is CCc1ccc(NC(=O)C(=O)NCC2CCN(C(=O)NC(C)(C)C)CC2)cc1. The Bertz CT molecular complexity index is 687. The summed E-state index contributed by atoms with van der Waals surface area (Å²) in [5.74, 6) is -1.03. The second-order valence-electron chi connectivity index (χ2n) is 8.33. The molecule has 28 heavy (non-hydrogen) atoms. The Morgan fingerprint density at radius 2 is 1.64 bits per heavy atom. The Kier molecular flexibility index (Phi) is 7.43. The van der Waals surface area contributed by atoms with Crippen molar-refractivity contribution in [2.45, 2.75) is 52.5 Å². The zero-order chi connectivity index (χ0) is 20.7. The summed E-state index contributed by atoms with van der Waals surface area (Å²) in [6.07, 6.45) is 2.53. The van der Waals surface area contributed by atoms with E-state index in [2.05, 4.69) is 22.9 Å². The lowest BCUT2D eigenvalue weighted by atomic mass is 9.97. The lowest BCUT2D eigenvalue weighted by Crippen LogP contribution is -2.51. The molecule has 3 N–H and O–H groups in total. The number of urea groups is 1. The maximum absolute atomic E-state index is 12.2. The Balaban J connectivity index is 1.71. The standard InChI is InChI=1S/C21H32N4O3/c1-5-15-6-8-17(9-7-15)23-19(27)18(26)22-14-16-10-12-25(13-11-16)20(28)24-21(2,3)4/h6-9,16H,5,10-14H2,1-4H3,(H,22,26)(H,23,27)(H,24,28). The summed E-state index contributed by atoms with van der Waals surface area (Å²) in [6.45, 7) is 9.66. The van der Waals surface area contributed by atoms with Gasteiger partial charge in [0.15, 0.2) is 0 Å². The minimum atomic E-state index is -0.661. The molecule has 0 aliphatic carbocycles. The molecule has 1 aromatic rings. The first-order valence-corrected chi connectivity index (χ1v) is 9.93. The monoisotopic (exact) mass is 388 g/mol. The maximum Gasteiger partial charge on any atom is 0.317 e. The second-order valence-corrected chi connectivity index (χ2v) is 8.33. The van der Waals surface area contributed by atoms with Gasteiger partial charge in [-0.2, -0.15) is 0 Å². The number of carbonyl (C=O) groups is 3. The number of carbonyl (C=O) groups excluding carboxylic acids is 3. The van der Waals surface area contributed by atoms with Gasteiger partial charge in [0, 0.05) is 30.9 Å². The molecule has 4 amide bonds. The van der Waals surface area contributed by atoms with E-state index in [1.54, 1.807) is 17.0 Å². The topological polar surface area (TPSA) is 90.5 Å². The lowest BCUT2D eigenvalue weighted by molar-refractivity contribution is -0.136. The van der Waals surface area contributed by atoms with E-state index in [9.17, 15) is 14.4 Å². The molecule has 1 heterocycles. The molecule has 0 atom stereocenters. The number of nitrogens with one attached hydrogen (secondary N) is 3. The van der Waals surface area contributed by atoms with E-state index >= 15 is 0 Å². The fourth-order valence-corrected chi connectivity index (χ4v) is 3.07. The van der Waals surface area contributed by atoms with Crippen molar-refractivity contribution in [2.75, 3.05) is 25.0 Å². The summed E-state index contributed by atoms with van der Waals surface area (Å²) in [6, 6.07) is 7.39. The second kappa shape index (κ2) is 9.57. The molecule has 2 rings (SSSR count). The summed E-state index contributed by atoms with van der Waals surface area (Å²) in [5.41, 5.74) is 1.52. The van der Waals surface area contributed by atoms with Crippen molar-refractivity contribution in [1.82, 2.24) is 15.5 Å². The molecule has 0 bridgehead atoms. The molecule has 154 valence electrons. The van der Waals surface area contributed by atoms with E-state index in [1.165, 1.54) is 5.56 Å². The van der Waals surface area contributed by atoms with Gasteiger partial charge in [-0.05, 0) is 63.6 Å². The highest BCUT2D eigenvalue weighted by Crippen LogP contribution is 2.17. The van der Waals surface area contributed by atoms with Gasteiger partial charge in [0.25, 0.3) is 0 Å². The Morgan fingerprint density at radius 3 is 2.18 bits per heavy atom. The molecule has 7 nitrogen and oxygen atoms in total. The predicted molar refractivity (Wildman–Crippen MR) is 110 cm³/mol. The lowest BCUT2D eigenvalue weighted by Gasteiger charge is -2.34. The van der Waals surface area contributed by atoms with Crippen molar-refractivity contribution in [3.63, 3.8) is 0 Å². The number of rotatable bonds is 4. The van der Waals surface area contributed by atoms with Crippen LogP contribution >= 0.6 is 0 Å². The third-order valence-corrected chi connectivity index (χ3v) is 4.76. The molecule has 0 spiro atoms. The summed E-state index contributed by atoms with van der Waals surface area (Å²) in [4.78, 5) is 38.1. The van der Waals surface area contributed by atoms with Gasteiger partial charge in [-0.25, -0.2) is 4.79 Å². The average Bonchev–Trinajstić information content (AvgIpc) is 2.65. The number of benzene rings is 1. The fraction of sp³-hybridized carbons (Fsp3) is 0.571. The van der Waals surface area contributed by atoms with Crippen LogP contribution in [-0.4, -0.2) is 47.9 Å². The first kappa shape index (κ1) is 21.7. The van der Waals surface area contributed by atoms with Crippen molar-refractivity contribution in [3.05, 3.63) is 29.8 Å². The van der Waals surface area contributed by atoms with Crippen LogP contribution in [0.3, 0.4) is 0 Å². The highest BCUT2D eigenvalue weighted by atomic mass is 16.2. The van der Waals surface area contributed by atoms with Gasteiger partial charge < -0.3 is 20.9 Å². The molecule has 1 aliphatic rings. The van der Waals surface area contributed by atoms with Crippen LogP contribution in [0.25, 0.3) is 0 Å². The first-order chi connectivity index (χ1) is 13.2. The van der Waals surface area contributed by atoms with Crippen LogP contribution in [0.5, 0.6) is 0 Å². The summed E-state index contributed by atoms with van der Waals surface area (Å²) < 4.78 is 0. The van der Waals surface area contributed by atoms with Crippen LogP contribution in [0.1, 0.15) is 46.1 Å². The highest BCUT2D eigenvalue weighted by Gasteiger charge is 2.26. The quantitative estimate of drug-likeness (QED) is 0.692. The molecule has 0 unspecified atom stereocenters. The molecule has 1 fully saturated rings. The number of aryl methyl sites for hydroxylation is 1. The van der Waals surface area contributed by atoms with Crippen LogP contribution in [0.4, 0.5) is 10.5 Å². The van der Waals surface area contributed by atoms with Gasteiger partial charge in [0.2, 0.25) is 0 Å². The van der Waals surface area contributed by atoms with E-state index in [4.69, 9.17) is 0 Å². The number of anilines is 1. The van der Waals surface area contributed by atoms with Crippen LogP contribution in [0.2, 0.25) is 0 Å². The van der Waals surface area contributed by atoms with Crippen molar-refractivity contribution in [1.29, 1.82) is 0 Å². The molecule has 1 saturated heterocycles. The predicted octanol–water partition coefficient (Wildman–Crippen LogP) is 2.52. The molecule has 0 saturated carbocycles. The molecule has 1 aromatic carbocycles. The van der Waals surface area contributed by atoms with Crippen molar-refractivity contribution >= 4 is 23.5 Å². The van der Waals surface area contributed by atoms with Crippen LogP contribution in [-0.2, 0) is 16.0 Å². The van der Waals surface area contributed by atoms with Crippen LogP contribution in [0, 0.1) is 5.92 Å². The zero-order valence-electron chi connectivity index (χ0n) is 17.3. The van der Waals surface area contributed by atoms with Gasteiger partial charge in [-0.1, -0.05) is 19.1 Å². The molecule has 0 radical (unpaired) electrons. The fourth-order valence-electron chi connectivity index (χ4n) is 3.07. The van der Waals surface area contributed by atoms with Gasteiger partial charge in [-0.15, -0.1) is 0 Å². The number of hydrogen-bond donors (Lipinski definition) is 3. The van der Waals surface area contributed by atoms with E-state index in [0.29, 0.717) is 25.3 Å². The van der Waals surface area contributed by atoms with E-state index in [1.807, 2.05) is 32.9 Å². The first-order valence-electron chi connectivity index (χ1n) is 9.93. The smallest absolute Gasteiger partial charge is 0.317 e. The Labute approximate surface area is 167 Å². The van der Waals surface area contributed by atoms with E-state index < -0.39 is 11.8 Å². The third kappa shape index (κ3) is 6.87. The molecular weight excluding hydrogens is 356 g/mol. The summed E-state index contributed by atoms with van der Waals surface area (Å²) in [7, 11) is 0. The minimum absolute atomic E-state index is 0.0524. The largest absolute Gasteiger partial charge is 0.348 e. The van der Waals surface area contributed by atoms with Gasteiger partial charge >= 0.3 is 17.8 Å². The number of nitrogens with zero attached hydrogens (tertiary/aromatic N) is 1. The maximum atomic E-state index is 12.2. The molecule has 7 heteroatoms. The summed E-state index contributed by atoms with van der Waals surface area (Å²) in [5, 5.41) is 8.28. The average molecular weight is 389 g/mol. The van der Waals surface area contributed by atoms with Crippen LogP contribution < -0.4 is 16.0 Å². The van der Waals surface area contributed by atoms with Crippen molar-refractivity contribution in [2.24, 2.45) is 5.92 Å². The van der Waals surface area contributed by atoms with E-state index in [0.717, 1.165) is 19.3 Å². The number of hydrogen-bond acceptors (Lipinski definition) is 3. The molecule has 1 aliphatic heterocycles. The Hall–Kier alpha value is -2.57. The molecular formula is C21H32N4O3. The minimum Gasteiger partial charge on any atom is -0.348 e. The normalized spacial score (nSPS) is 15.1. The van der Waals surface area contributed by atoms with Gasteiger partial charge in [-0.3, -0.25) is 9.59 Å². The van der Waals surface area contributed by atoms with E-state index in [-0.39, 0.29) is 17.5 Å². The number of amides is 4. The van der Waals surface area contributed by atoms with Crippen molar-refractivity contribution < 1.29 is 14.4 Å². The zero-order valence-corrected chi connectivity index (χ0v) is 17.3. The van der Waals surface area contributed by atoms with Gasteiger partial charge in [0.1, 0.15) is 0 Å². The number of likely N-dealkylation sites (tertiary alicyclic amines) is 1.